The van der Waals surface area contributed by atoms with Crippen LogP contribution in [-0.2, 0) is 6.42 Å². The van der Waals surface area contributed by atoms with Gasteiger partial charge in [-0.05, 0) is 37.6 Å². The summed E-state index contributed by atoms with van der Waals surface area (Å²) in [5, 5.41) is 7.83. The summed E-state index contributed by atoms with van der Waals surface area (Å²) < 4.78 is 2.02. The van der Waals surface area contributed by atoms with E-state index < -0.39 is 0 Å². The molecule has 1 aromatic carbocycles. The van der Waals surface area contributed by atoms with E-state index in [2.05, 4.69) is 42.5 Å². The van der Waals surface area contributed by atoms with Gasteiger partial charge in [-0.2, -0.15) is 5.10 Å². The lowest BCUT2D eigenvalue weighted by Gasteiger charge is -2.09. The number of hydrogen-bond acceptors (Lipinski definition) is 2. The Balaban J connectivity index is 1.96. The highest BCUT2D eigenvalue weighted by Crippen LogP contribution is 2.11. The number of aryl methyl sites for hydroxylation is 1. The molecule has 1 heterocycles. The van der Waals surface area contributed by atoms with Crippen LogP contribution in [-0.4, -0.2) is 22.4 Å². The van der Waals surface area contributed by atoms with Crippen molar-refractivity contribution in [2.75, 3.05) is 6.54 Å². The third-order valence-corrected chi connectivity index (χ3v) is 2.88. The van der Waals surface area contributed by atoms with Gasteiger partial charge in [0.15, 0.2) is 0 Å². The van der Waals surface area contributed by atoms with E-state index in [0.29, 0.717) is 6.04 Å². The van der Waals surface area contributed by atoms with E-state index in [0.717, 1.165) is 25.1 Å². The summed E-state index contributed by atoms with van der Waals surface area (Å²) in [6, 6.07) is 12.9. The van der Waals surface area contributed by atoms with Crippen molar-refractivity contribution in [2.45, 2.75) is 32.7 Å². The lowest BCUT2D eigenvalue weighted by Crippen LogP contribution is -2.24. The lowest BCUT2D eigenvalue weighted by atomic mass is 10.2. The molecule has 0 bridgehead atoms. The van der Waals surface area contributed by atoms with Gasteiger partial charge < -0.3 is 5.32 Å². The van der Waals surface area contributed by atoms with E-state index in [1.807, 2.05) is 29.1 Å². The molecule has 0 saturated heterocycles. The minimum absolute atomic E-state index is 0.559. The summed E-state index contributed by atoms with van der Waals surface area (Å²) >= 11 is 0. The second-order valence-corrected chi connectivity index (χ2v) is 4.78. The van der Waals surface area contributed by atoms with E-state index in [-0.39, 0.29) is 0 Å². The van der Waals surface area contributed by atoms with E-state index in [4.69, 9.17) is 0 Å². The van der Waals surface area contributed by atoms with Crippen LogP contribution in [0.15, 0.2) is 42.6 Å². The van der Waals surface area contributed by atoms with Gasteiger partial charge in [-0.3, -0.25) is 0 Å². The van der Waals surface area contributed by atoms with Crippen LogP contribution in [0.25, 0.3) is 5.69 Å². The molecular weight excluding hydrogens is 222 g/mol. The van der Waals surface area contributed by atoms with Gasteiger partial charge in [0.05, 0.1) is 5.69 Å². The first-order chi connectivity index (χ1) is 8.77. The van der Waals surface area contributed by atoms with Gasteiger partial charge in [-0.15, -0.1) is 0 Å². The maximum absolute atomic E-state index is 4.40. The second-order valence-electron chi connectivity index (χ2n) is 4.78. The Morgan fingerprint density at radius 2 is 1.94 bits per heavy atom. The molecule has 3 heteroatoms. The van der Waals surface area contributed by atoms with Crippen molar-refractivity contribution in [3.05, 3.63) is 48.3 Å². The Morgan fingerprint density at radius 3 is 2.67 bits per heavy atom. The number of para-hydroxylation sites is 1. The Kier molecular flexibility index (Phi) is 4.53. The average Bonchev–Trinajstić information content (AvgIpc) is 2.84. The SMILES string of the molecule is CC(C)NCCCc1ccnn1-c1ccccc1. The largest absolute Gasteiger partial charge is 0.315 e. The number of rotatable bonds is 6. The maximum atomic E-state index is 4.40. The van der Waals surface area contributed by atoms with Crippen LogP contribution in [0, 0.1) is 0 Å². The normalized spacial score (nSPS) is 11.1. The van der Waals surface area contributed by atoms with Gasteiger partial charge in [0.25, 0.3) is 0 Å². The number of benzene rings is 1. The van der Waals surface area contributed by atoms with Crippen LogP contribution in [0.2, 0.25) is 0 Å². The third-order valence-electron chi connectivity index (χ3n) is 2.88. The van der Waals surface area contributed by atoms with Crippen molar-refractivity contribution in [1.29, 1.82) is 0 Å². The molecule has 0 radical (unpaired) electrons. The summed E-state index contributed by atoms with van der Waals surface area (Å²) in [5.41, 5.74) is 2.40. The van der Waals surface area contributed by atoms with Crippen molar-refractivity contribution in [3.63, 3.8) is 0 Å². The Bertz CT molecular complexity index is 460. The molecule has 0 saturated carbocycles. The van der Waals surface area contributed by atoms with Crippen LogP contribution in [0.5, 0.6) is 0 Å². The fourth-order valence-electron chi connectivity index (χ4n) is 1.98. The standard InChI is InChI=1S/C15H21N3/c1-13(2)16-11-6-9-15-10-12-17-18(15)14-7-4-3-5-8-14/h3-5,7-8,10,12-13,16H,6,9,11H2,1-2H3. The highest BCUT2D eigenvalue weighted by Gasteiger charge is 2.04. The summed E-state index contributed by atoms with van der Waals surface area (Å²) in [6.07, 6.45) is 4.06. The molecule has 1 N–H and O–H groups in total. The average molecular weight is 243 g/mol. The van der Waals surface area contributed by atoms with Gasteiger partial charge in [0.2, 0.25) is 0 Å². The van der Waals surface area contributed by atoms with E-state index >= 15 is 0 Å². The van der Waals surface area contributed by atoms with Crippen molar-refractivity contribution < 1.29 is 0 Å². The molecular formula is C15H21N3. The van der Waals surface area contributed by atoms with Crippen molar-refractivity contribution in [3.8, 4) is 5.69 Å². The molecule has 1 aromatic heterocycles. The van der Waals surface area contributed by atoms with Gasteiger partial charge in [0, 0.05) is 17.9 Å². The zero-order valence-corrected chi connectivity index (χ0v) is 11.1. The molecule has 0 atom stereocenters. The van der Waals surface area contributed by atoms with Crippen LogP contribution < -0.4 is 5.32 Å². The smallest absolute Gasteiger partial charge is 0.0648 e. The van der Waals surface area contributed by atoms with Crippen LogP contribution in [0.4, 0.5) is 0 Å². The molecule has 0 amide bonds. The predicted molar refractivity (Wildman–Crippen MR) is 75.0 cm³/mol. The first-order valence-corrected chi connectivity index (χ1v) is 6.59. The number of nitrogens with zero attached hydrogens (tertiary/aromatic N) is 2. The Morgan fingerprint density at radius 1 is 1.17 bits per heavy atom. The summed E-state index contributed by atoms with van der Waals surface area (Å²) in [7, 11) is 0. The first-order valence-electron chi connectivity index (χ1n) is 6.59. The maximum Gasteiger partial charge on any atom is 0.0648 e. The zero-order chi connectivity index (χ0) is 12.8. The number of aromatic nitrogens is 2. The van der Waals surface area contributed by atoms with Crippen molar-refractivity contribution in [1.82, 2.24) is 15.1 Å². The monoisotopic (exact) mass is 243 g/mol. The summed E-state index contributed by atoms with van der Waals surface area (Å²) in [6.45, 7) is 5.40. The fraction of sp³-hybridized carbons (Fsp3) is 0.400. The highest BCUT2D eigenvalue weighted by atomic mass is 15.3. The van der Waals surface area contributed by atoms with E-state index in [1.54, 1.807) is 0 Å². The third kappa shape index (κ3) is 3.44. The fourth-order valence-corrected chi connectivity index (χ4v) is 1.98. The van der Waals surface area contributed by atoms with Crippen molar-refractivity contribution >= 4 is 0 Å². The molecule has 0 spiro atoms. The molecule has 0 fully saturated rings. The molecule has 3 nitrogen and oxygen atoms in total. The quantitative estimate of drug-likeness (QED) is 0.791. The topological polar surface area (TPSA) is 29.9 Å². The van der Waals surface area contributed by atoms with E-state index in [9.17, 15) is 0 Å². The van der Waals surface area contributed by atoms with Gasteiger partial charge in [-0.25, -0.2) is 4.68 Å². The highest BCUT2D eigenvalue weighted by molar-refractivity contribution is 5.32. The molecule has 0 aliphatic rings. The molecule has 18 heavy (non-hydrogen) atoms. The molecule has 2 aromatic rings. The van der Waals surface area contributed by atoms with Crippen LogP contribution >= 0.6 is 0 Å². The molecule has 0 aliphatic heterocycles. The first kappa shape index (κ1) is 12.8. The lowest BCUT2D eigenvalue weighted by molar-refractivity contribution is 0.565. The minimum atomic E-state index is 0.559. The molecule has 0 aliphatic carbocycles. The zero-order valence-electron chi connectivity index (χ0n) is 11.1. The van der Waals surface area contributed by atoms with Gasteiger partial charge >= 0.3 is 0 Å². The van der Waals surface area contributed by atoms with Crippen molar-refractivity contribution in [2.24, 2.45) is 0 Å². The summed E-state index contributed by atoms with van der Waals surface area (Å²) in [4.78, 5) is 0. The molecule has 2 rings (SSSR count). The predicted octanol–water partition coefficient (Wildman–Crippen LogP) is 2.80. The van der Waals surface area contributed by atoms with Gasteiger partial charge in [0.1, 0.15) is 0 Å². The second kappa shape index (κ2) is 6.36. The number of hydrogen-bond donors (Lipinski definition) is 1. The molecule has 96 valence electrons. The minimum Gasteiger partial charge on any atom is -0.315 e. The Labute approximate surface area is 109 Å². The molecule has 0 unspecified atom stereocenters. The van der Waals surface area contributed by atoms with Crippen LogP contribution in [0.3, 0.4) is 0 Å². The van der Waals surface area contributed by atoms with E-state index in [1.165, 1.54) is 5.69 Å². The summed E-state index contributed by atoms with van der Waals surface area (Å²) in [5.74, 6) is 0. The number of nitrogens with one attached hydrogen (secondary N) is 1. The van der Waals surface area contributed by atoms with Crippen LogP contribution in [0.1, 0.15) is 26.0 Å². The van der Waals surface area contributed by atoms with Gasteiger partial charge in [-0.1, -0.05) is 32.0 Å². The Hall–Kier alpha value is -1.61.